The molecule has 0 radical (unpaired) electrons. The maximum absolute atomic E-state index is 12.0. The summed E-state index contributed by atoms with van der Waals surface area (Å²) in [4.78, 5) is 31.4. The number of aliphatic carboxylic acids is 2. The number of carboxylic acid groups (broad SMARTS) is 2. The fraction of sp³-hybridized carbons (Fsp3) is 0.222. The van der Waals surface area contributed by atoms with Gasteiger partial charge in [0.15, 0.2) is 0 Å². The maximum Gasteiger partial charge on any atom is 0.404 e. The summed E-state index contributed by atoms with van der Waals surface area (Å²) in [7, 11) is -4.42. The molecular weight excluding hydrogens is 373 g/mol. The number of nitrogens with one attached hydrogen (secondary N) is 1. The highest BCUT2D eigenvalue weighted by atomic mass is 31.2. The summed E-state index contributed by atoms with van der Waals surface area (Å²) in [6, 6.07) is 15.3. The van der Waals surface area contributed by atoms with E-state index in [0.717, 1.165) is 11.1 Å². The Bertz CT molecular complexity index is 823. The van der Waals surface area contributed by atoms with E-state index in [1.165, 1.54) is 0 Å². The fourth-order valence-corrected chi connectivity index (χ4v) is 3.36. The molecule has 2 aromatic carbocycles. The summed E-state index contributed by atoms with van der Waals surface area (Å²) in [6.07, 6.45) is -0.796. The lowest BCUT2D eigenvalue weighted by atomic mass is 10.0. The molecule has 144 valence electrons. The van der Waals surface area contributed by atoms with Crippen LogP contribution < -0.4 is 5.09 Å². The summed E-state index contributed by atoms with van der Waals surface area (Å²) in [6.45, 7) is -0.207. The minimum absolute atomic E-state index is 0.207. The quantitative estimate of drug-likeness (QED) is 0.453. The van der Waals surface area contributed by atoms with Crippen molar-refractivity contribution in [3.63, 3.8) is 0 Å². The molecule has 2 unspecified atom stereocenters. The monoisotopic (exact) mass is 393 g/mol. The van der Waals surface area contributed by atoms with E-state index in [1.54, 1.807) is 12.1 Å². The summed E-state index contributed by atoms with van der Waals surface area (Å²) in [5, 5.41) is 19.6. The van der Waals surface area contributed by atoms with Crippen LogP contribution in [0.2, 0.25) is 0 Å². The maximum atomic E-state index is 12.0. The average molecular weight is 393 g/mol. The van der Waals surface area contributed by atoms with Crippen LogP contribution in [0.1, 0.15) is 18.4 Å². The lowest BCUT2D eigenvalue weighted by Gasteiger charge is -2.18. The van der Waals surface area contributed by atoms with E-state index in [1.807, 2.05) is 47.6 Å². The van der Waals surface area contributed by atoms with Crippen molar-refractivity contribution in [1.82, 2.24) is 5.09 Å². The molecular formula is C18H20NO7P. The van der Waals surface area contributed by atoms with Gasteiger partial charge in [0.25, 0.3) is 0 Å². The zero-order valence-electron chi connectivity index (χ0n) is 14.3. The van der Waals surface area contributed by atoms with Crippen LogP contribution in [0.15, 0.2) is 54.6 Å². The topological polar surface area (TPSA) is 133 Å². The van der Waals surface area contributed by atoms with Crippen molar-refractivity contribution in [2.75, 3.05) is 0 Å². The van der Waals surface area contributed by atoms with Crippen molar-refractivity contribution in [2.24, 2.45) is 0 Å². The molecule has 2 aromatic rings. The summed E-state index contributed by atoms with van der Waals surface area (Å²) >= 11 is 0. The van der Waals surface area contributed by atoms with E-state index < -0.39 is 32.1 Å². The van der Waals surface area contributed by atoms with Gasteiger partial charge in [-0.05, 0) is 23.1 Å². The molecule has 0 aliphatic rings. The number of rotatable bonds is 10. The van der Waals surface area contributed by atoms with Crippen LogP contribution in [-0.4, -0.2) is 33.1 Å². The molecule has 2 atom stereocenters. The van der Waals surface area contributed by atoms with Crippen LogP contribution in [0, 0.1) is 0 Å². The Morgan fingerprint density at radius 2 is 1.59 bits per heavy atom. The van der Waals surface area contributed by atoms with Gasteiger partial charge in [-0.25, -0.2) is 9.65 Å². The Hall–Kier alpha value is -2.51. The predicted octanol–water partition coefficient (Wildman–Crippen LogP) is 2.88. The molecule has 0 aromatic heterocycles. The molecule has 0 saturated heterocycles. The molecule has 8 nitrogen and oxygen atoms in total. The van der Waals surface area contributed by atoms with Crippen LogP contribution in [0.5, 0.6) is 0 Å². The second-order valence-corrected chi connectivity index (χ2v) is 7.37. The van der Waals surface area contributed by atoms with Gasteiger partial charge in [0, 0.05) is 6.42 Å². The van der Waals surface area contributed by atoms with Crippen LogP contribution in [0.25, 0.3) is 11.1 Å². The van der Waals surface area contributed by atoms with Crippen LogP contribution in [-0.2, 0) is 25.3 Å². The molecule has 0 aliphatic carbocycles. The fourth-order valence-electron chi connectivity index (χ4n) is 2.33. The van der Waals surface area contributed by atoms with Gasteiger partial charge in [-0.2, -0.15) is 0 Å². The van der Waals surface area contributed by atoms with E-state index in [4.69, 9.17) is 14.7 Å². The Morgan fingerprint density at radius 1 is 1.00 bits per heavy atom. The van der Waals surface area contributed by atoms with Crippen molar-refractivity contribution in [1.29, 1.82) is 0 Å². The number of hydrogen-bond acceptors (Lipinski definition) is 4. The van der Waals surface area contributed by atoms with Gasteiger partial charge in [-0.1, -0.05) is 54.6 Å². The second-order valence-electron chi connectivity index (χ2n) is 5.81. The third-order valence-corrected chi connectivity index (χ3v) is 4.85. The zero-order chi connectivity index (χ0) is 19.9. The van der Waals surface area contributed by atoms with Gasteiger partial charge >= 0.3 is 19.7 Å². The molecule has 9 heteroatoms. The standard InChI is InChI=1S/C18H20NO7P/c20-17(21)11-10-16(18(22)23)19-27(24,25)26-12-13-6-8-15(9-7-13)14-4-2-1-3-5-14/h1-9,16H,10-12H2,(H,20,21)(H,22,23)(H2,19,24,25). The summed E-state index contributed by atoms with van der Waals surface area (Å²) in [5.41, 5.74) is 2.63. The van der Waals surface area contributed by atoms with E-state index in [-0.39, 0.29) is 13.0 Å². The van der Waals surface area contributed by atoms with Crippen molar-refractivity contribution >= 4 is 19.7 Å². The molecule has 0 fully saturated rings. The largest absolute Gasteiger partial charge is 0.481 e. The Balaban J connectivity index is 1.94. The van der Waals surface area contributed by atoms with E-state index in [9.17, 15) is 19.0 Å². The molecule has 0 spiro atoms. The first kappa shape index (κ1) is 20.8. The average Bonchev–Trinajstić information content (AvgIpc) is 2.64. The SMILES string of the molecule is O=C(O)CCC(NP(=O)(O)OCc1ccc(-c2ccccc2)cc1)C(=O)O. The first-order valence-electron chi connectivity index (χ1n) is 8.11. The Morgan fingerprint density at radius 3 is 2.15 bits per heavy atom. The molecule has 0 amide bonds. The minimum Gasteiger partial charge on any atom is -0.481 e. The molecule has 27 heavy (non-hydrogen) atoms. The third kappa shape index (κ3) is 6.96. The third-order valence-electron chi connectivity index (χ3n) is 3.73. The Labute approximate surface area is 156 Å². The van der Waals surface area contributed by atoms with Crippen LogP contribution >= 0.6 is 7.75 Å². The van der Waals surface area contributed by atoms with Crippen molar-refractivity contribution in [2.45, 2.75) is 25.5 Å². The van der Waals surface area contributed by atoms with Gasteiger partial charge in [0.1, 0.15) is 6.04 Å². The van der Waals surface area contributed by atoms with Crippen molar-refractivity contribution < 1.29 is 33.8 Å². The minimum atomic E-state index is -4.42. The lowest BCUT2D eigenvalue weighted by Crippen LogP contribution is -2.35. The van der Waals surface area contributed by atoms with E-state index >= 15 is 0 Å². The number of hydrogen-bond donors (Lipinski definition) is 4. The highest BCUT2D eigenvalue weighted by Gasteiger charge is 2.29. The smallest absolute Gasteiger partial charge is 0.404 e. The molecule has 2 rings (SSSR count). The Kier molecular flexibility index (Phi) is 7.27. The summed E-state index contributed by atoms with van der Waals surface area (Å²) < 4.78 is 17.0. The van der Waals surface area contributed by atoms with Gasteiger partial charge in [-0.15, -0.1) is 0 Å². The number of carboxylic acids is 2. The highest BCUT2D eigenvalue weighted by molar-refractivity contribution is 7.50. The lowest BCUT2D eigenvalue weighted by molar-refractivity contribution is -0.140. The molecule has 0 heterocycles. The first-order chi connectivity index (χ1) is 12.8. The normalized spacial score (nSPS) is 14.3. The number of carbonyl (C=O) groups is 2. The molecule has 4 N–H and O–H groups in total. The van der Waals surface area contributed by atoms with Crippen molar-refractivity contribution in [3.05, 3.63) is 60.2 Å². The van der Waals surface area contributed by atoms with Crippen LogP contribution in [0.4, 0.5) is 0 Å². The second kappa shape index (κ2) is 9.43. The van der Waals surface area contributed by atoms with E-state index in [2.05, 4.69) is 0 Å². The van der Waals surface area contributed by atoms with E-state index in [0.29, 0.717) is 5.56 Å². The molecule has 0 bridgehead atoms. The highest BCUT2D eigenvalue weighted by Crippen LogP contribution is 2.39. The zero-order valence-corrected chi connectivity index (χ0v) is 15.2. The van der Waals surface area contributed by atoms with Gasteiger partial charge in [0.2, 0.25) is 0 Å². The van der Waals surface area contributed by atoms with Gasteiger partial charge in [0.05, 0.1) is 6.61 Å². The first-order valence-corrected chi connectivity index (χ1v) is 9.69. The predicted molar refractivity (Wildman–Crippen MR) is 97.9 cm³/mol. The van der Waals surface area contributed by atoms with Gasteiger partial charge < -0.3 is 15.1 Å². The van der Waals surface area contributed by atoms with Crippen LogP contribution in [0.3, 0.4) is 0 Å². The number of benzene rings is 2. The van der Waals surface area contributed by atoms with Gasteiger partial charge in [-0.3, -0.25) is 14.1 Å². The summed E-state index contributed by atoms with van der Waals surface area (Å²) in [5.74, 6) is -2.63. The van der Waals surface area contributed by atoms with Crippen molar-refractivity contribution in [3.8, 4) is 11.1 Å². The molecule has 0 aliphatic heterocycles. The molecule has 0 saturated carbocycles.